The molecule has 0 saturated carbocycles. The van der Waals surface area contributed by atoms with Gasteiger partial charge >= 0.3 is 6.18 Å². The Balaban J connectivity index is 1.33. The molecule has 0 aliphatic carbocycles. The van der Waals surface area contributed by atoms with Gasteiger partial charge in [-0.25, -0.2) is 4.98 Å². The first kappa shape index (κ1) is 18.5. The Hall–Kier alpha value is -2.87. The number of alkyl halides is 3. The highest BCUT2D eigenvalue weighted by molar-refractivity contribution is 5.79. The van der Waals surface area contributed by atoms with Gasteiger partial charge in [0, 0.05) is 19.1 Å². The van der Waals surface area contributed by atoms with Gasteiger partial charge in [-0.1, -0.05) is 18.2 Å². The maximum atomic E-state index is 12.6. The number of hydrogen-bond donors (Lipinski definition) is 3. The number of amides is 1. The molecule has 0 bridgehead atoms. The van der Waals surface area contributed by atoms with E-state index in [4.69, 9.17) is 0 Å². The van der Waals surface area contributed by atoms with Crippen LogP contribution in [0.15, 0.2) is 48.8 Å². The summed E-state index contributed by atoms with van der Waals surface area (Å²) in [5.41, 5.74) is 2.88. The average molecular weight is 388 g/mol. The van der Waals surface area contributed by atoms with Crippen LogP contribution in [0.3, 0.4) is 0 Å². The molecular formula is C20H19F3N4O. The van der Waals surface area contributed by atoms with Crippen LogP contribution < -0.4 is 10.6 Å². The van der Waals surface area contributed by atoms with E-state index in [1.807, 2.05) is 18.2 Å². The van der Waals surface area contributed by atoms with Crippen LogP contribution in [0.2, 0.25) is 0 Å². The first-order valence-electron chi connectivity index (χ1n) is 9.00. The van der Waals surface area contributed by atoms with Gasteiger partial charge in [-0.15, -0.1) is 0 Å². The Morgan fingerprint density at radius 3 is 2.71 bits per heavy atom. The Morgan fingerprint density at radius 1 is 1.18 bits per heavy atom. The fourth-order valence-electron chi connectivity index (χ4n) is 3.50. The van der Waals surface area contributed by atoms with Crippen molar-refractivity contribution in [3.05, 3.63) is 65.5 Å². The Bertz CT molecular complexity index is 981. The third-order valence-electron chi connectivity index (χ3n) is 5.10. The van der Waals surface area contributed by atoms with E-state index in [0.29, 0.717) is 18.5 Å². The van der Waals surface area contributed by atoms with Crippen molar-refractivity contribution in [1.29, 1.82) is 0 Å². The van der Waals surface area contributed by atoms with Crippen molar-refractivity contribution in [3.8, 4) is 0 Å². The standard InChI is InChI=1S/C20H19F3N4O/c21-20(22,23)15-4-1-12(2-5-15)9-25-19(28)14-8-17(24-10-14)13-3-6-16-18(7-13)27-11-26-16/h1-7,11,14,17,24H,8-10H2,(H,25,28)(H,26,27)/t14-,17?/m1/s1. The van der Waals surface area contributed by atoms with E-state index in [1.165, 1.54) is 12.1 Å². The maximum Gasteiger partial charge on any atom is 0.416 e. The summed E-state index contributed by atoms with van der Waals surface area (Å²) in [4.78, 5) is 19.7. The molecule has 2 aromatic carbocycles. The quantitative estimate of drug-likeness (QED) is 0.640. The molecule has 1 aliphatic heterocycles. The molecule has 2 heterocycles. The van der Waals surface area contributed by atoms with Crippen molar-refractivity contribution in [3.63, 3.8) is 0 Å². The number of fused-ring (bicyclic) bond motifs is 1. The number of nitrogens with zero attached hydrogens (tertiary/aromatic N) is 1. The molecule has 0 radical (unpaired) electrons. The summed E-state index contributed by atoms with van der Waals surface area (Å²) in [5.74, 6) is -0.283. The molecule has 4 rings (SSSR count). The van der Waals surface area contributed by atoms with Crippen LogP contribution in [-0.4, -0.2) is 22.4 Å². The predicted octanol–water partition coefficient (Wildman–Crippen LogP) is 3.55. The summed E-state index contributed by atoms with van der Waals surface area (Å²) in [5, 5.41) is 6.18. The molecule has 28 heavy (non-hydrogen) atoms. The number of benzene rings is 2. The summed E-state index contributed by atoms with van der Waals surface area (Å²) < 4.78 is 37.8. The lowest BCUT2D eigenvalue weighted by atomic mass is 9.99. The van der Waals surface area contributed by atoms with Crippen LogP contribution in [0.1, 0.15) is 29.2 Å². The molecule has 0 spiro atoms. The van der Waals surface area contributed by atoms with Crippen LogP contribution in [0.25, 0.3) is 11.0 Å². The molecule has 1 unspecified atom stereocenters. The zero-order valence-electron chi connectivity index (χ0n) is 14.9. The van der Waals surface area contributed by atoms with E-state index in [0.717, 1.165) is 28.7 Å². The summed E-state index contributed by atoms with van der Waals surface area (Å²) in [6.07, 6.45) is -2.04. The second kappa shape index (κ2) is 7.27. The molecule has 3 N–H and O–H groups in total. The molecule has 1 fully saturated rings. The topological polar surface area (TPSA) is 69.8 Å². The van der Waals surface area contributed by atoms with Crippen molar-refractivity contribution in [2.75, 3.05) is 6.54 Å². The van der Waals surface area contributed by atoms with Gasteiger partial charge < -0.3 is 15.6 Å². The van der Waals surface area contributed by atoms with Gasteiger partial charge in [0.05, 0.1) is 28.8 Å². The first-order chi connectivity index (χ1) is 13.4. The zero-order chi connectivity index (χ0) is 19.7. The summed E-state index contributed by atoms with van der Waals surface area (Å²) in [6.45, 7) is 0.767. The molecule has 3 aromatic rings. The molecule has 2 atom stereocenters. The lowest BCUT2D eigenvalue weighted by Crippen LogP contribution is -2.31. The fraction of sp³-hybridized carbons (Fsp3) is 0.300. The van der Waals surface area contributed by atoms with Gasteiger partial charge in [0.15, 0.2) is 0 Å². The number of H-pyrrole nitrogens is 1. The lowest BCUT2D eigenvalue weighted by Gasteiger charge is -2.12. The second-order valence-electron chi connectivity index (χ2n) is 6.99. The number of aromatic amines is 1. The predicted molar refractivity (Wildman–Crippen MR) is 98.2 cm³/mol. The van der Waals surface area contributed by atoms with Crippen molar-refractivity contribution < 1.29 is 18.0 Å². The number of carbonyl (C=O) groups excluding carboxylic acids is 1. The number of nitrogens with one attached hydrogen (secondary N) is 3. The largest absolute Gasteiger partial charge is 0.416 e. The SMILES string of the molecule is O=C(NCc1ccc(C(F)(F)F)cc1)[C@H]1CNC(c2ccc3nc[nH]c3c2)C1. The minimum absolute atomic E-state index is 0.0783. The zero-order valence-corrected chi connectivity index (χ0v) is 14.9. The minimum atomic E-state index is -4.36. The van der Waals surface area contributed by atoms with E-state index in [-0.39, 0.29) is 24.4 Å². The Morgan fingerprint density at radius 2 is 1.96 bits per heavy atom. The van der Waals surface area contributed by atoms with E-state index >= 15 is 0 Å². The van der Waals surface area contributed by atoms with Gasteiger partial charge in [0.2, 0.25) is 5.91 Å². The van der Waals surface area contributed by atoms with E-state index < -0.39 is 11.7 Å². The number of rotatable bonds is 4. The first-order valence-corrected chi connectivity index (χ1v) is 9.00. The summed E-state index contributed by atoms with van der Waals surface area (Å²) in [7, 11) is 0. The number of halogens is 3. The summed E-state index contributed by atoms with van der Waals surface area (Å²) in [6, 6.07) is 10.9. The van der Waals surface area contributed by atoms with E-state index in [2.05, 4.69) is 20.6 Å². The molecule has 1 amide bonds. The summed E-state index contributed by atoms with van der Waals surface area (Å²) >= 11 is 0. The normalized spacial score (nSPS) is 19.8. The monoisotopic (exact) mass is 388 g/mol. The highest BCUT2D eigenvalue weighted by Gasteiger charge is 2.31. The van der Waals surface area contributed by atoms with Gasteiger partial charge in [0.25, 0.3) is 0 Å². The fourth-order valence-corrected chi connectivity index (χ4v) is 3.50. The lowest BCUT2D eigenvalue weighted by molar-refractivity contribution is -0.137. The van der Waals surface area contributed by atoms with E-state index in [1.54, 1.807) is 6.33 Å². The van der Waals surface area contributed by atoms with Crippen molar-refractivity contribution in [1.82, 2.24) is 20.6 Å². The molecule has 1 aromatic heterocycles. The molecule has 5 nitrogen and oxygen atoms in total. The third kappa shape index (κ3) is 3.87. The number of carbonyl (C=O) groups is 1. The number of aromatic nitrogens is 2. The van der Waals surface area contributed by atoms with Crippen LogP contribution in [-0.2, 0) is 17.5 Å². The van der Waals surface area contributed by atoms with Gasteiger partial charge in [-0.2, -0.15) is 13.2 Å². The highest BCUT2D eigenvalue weighted by Crippen LogP contribution is 2.30. The molecular weight excluding hydrogens is 369 g/mol. The van der Waals surface area contributed by atoms with E-state index in [9.17, 15) is 18.0 Å². The Kier molecular flexibility index (Phi) is 4.80. The van der Waals surface area contributed by atoms with Crippen LogP contribution >= 0.6 is 0 Å². The molecule has 146 valence electrons. The molecule has 8 heteroatoms. The smallest absolute Gasteiger partial charge is 0.352 e. The minimum Gasteiger partial charge on any atom is -0.352 e. The van der Waals surface area contributed by atoms with Crippen LogP contribution in [0.4, 0.5) is 13.2 Å². The third-order valence-corrected chi connectivity index (χ3v) is 5.10. The van der Waals surface area contributed by atoms with Crippen LogP contribution in [0, 0.1) is 5.92 Å². The van der Waals surface area contributed by atoms with Gasteiger partial charge in [-0.3, -0.25) is 4.79 Å². The second-order valence-corrected chi connectivity index (χ2v) is 6.99. The van der Waals surface area contributed by atoms with Crippen LogP contribution in [0.5, 0.6) is 0 Å². The van der Waals surface area contributed by atoms with Crippen molar-refractivity contribution in [2.45, 2.75) is 25.2 Å². The van der Waals surface area contributed by atoms with Crippen molar-refractivity contribution >= 4 is 16.9 Å². The highest BCUT2D eigenvalue weighted by atomic mass is 19.4. The Labute approximate surface area is 159 Å². The van der Waals surface area contributed by atoms with Crippen molar-refractivity contribution in [2.24, 2.45) is 5.92 Å². The number of imidazole rings is 1. The molecule has 1 saturated heterocycles. The average Bonchev–Trinajstić information content (AvgIpc) is 3.34. The molecule has 1 aliphatic rings. The van der Waals surface area contributed by atoms with Gasteiger partial charge in [0.1, 0.15) is 0 Å². The number of hydrogen-bond acceptors (Lipinski definition) is 3. The maximum absolute atomic E-state index is 12.6. The van der Waals surface area contributed by atoms with Gasteiger partial charge in [-0.05, 0) is 41.8 Å².